The molecule has 0 aromatic heterocycles. The molecule has 0 aromatic carbocycles. The van der Waals surface area contributed by atoms with Crippen LogP contribution in [0, 0.1) is 0 Å². The van der Waals surface area contributed by atoms with Crippen LogP contribution >= 0.6 is 0 Å². The monoisotopic (exact) mass is 295 g/mol. The van der Waals surface area contributed by atoms with Crippen LogP contribution in [0.25, 0.3) is 0 Å². The Kier molecular flexibility index (Phi) is 7.62. The highest BCUT2D eigenvalue weighted by Crippen LogP contribution is 2.10. The lowest BCUT2D eigenvalue weighted by atomic mass is 10.3. The third-order valence-corrected chi connectivity index (χ3v) is 4.53. The van der Waals surface area contributed by atoms with E-state index < -0.39 is 22.0 Å². The largest absolute Gasteiger partial charge is 0.469 e. The van der Waals surface area contributed by atoms with E-state index in [2.05, 4.69) is 9.47 Å². The zero-order valence-electron chi connectivity index (χ0n) is 11.7. The van der Waals surface area contributed by atoms with E-state index >= 15 is 0 Å². The Balaban J connectivity index is 4.62. The lowest BCUT2D eigenvalue weighted by Gasteiger charge is -2.24. The van der Waals surface area contributed by atoms with Crippen LogP contribution in [0.15, 0.2) is 0 Å². The van der Waals surface area contributed by atoms with E-state index in [4.69, 9.17) is 0 Å². The minimum atomic E-state index is -3.61. The molecule has 0 bridgehead atoms. The molecule has 0 saturated carbocycles. The van der Waals surface area contributed by atoms with Gasteiger partial charge in [-0.2, -0.15) is 4.31 Å². The van der Waals surface area contributed by atoms with E-state index in [-0.39, 0.29) is 31.2 Å². The van der Waals surface area contributed by atoms with Crippen molar-refractivity contribution in [3.8, 4) is 0 Å². The van der Waals surface area contributed by atoms with Crippen molar-refractivity contribution in [2.24, 2.45) is 0 Å². The number of ether oxygens (including phenoxy) is 2. The molecule has 0 radical (unpaired) electrons. The van der Waals surface area contributed by atoms with Gasteiger partial charge < -0.3 is 9.47 Å². The van der Waals surface area contributed by atoms with Crippen molar-refractivity contribution in [2.75, 3.05) is 26.5 Å². The molecule has 0 aromatic rings. The van der Waals surface area contributed by atoms with Gasteiger partial charge in [-0.3, -0.25) is 9.59 Å². The van der Waals surface area contributed by atoms with Gasteiger partial charge in [0.15, 0.2) is 0 Å². The van der Waals surface area contributed by atoms with Gasteiger partial charge in [-0.1, -0.05) is 0 Å². The van der Waals surface area contributed by atoms with Crippen molar-refractivity contribution >= 4 is 22.0 Å². The smallest absolute Gasteiger partial charge is 0.321 e. The summed E-state index contributed by atoms with van der Waals surface area (Å²) in [7, 11) is -1.16. The Morgan fingerprint density at radius 2 is 1.63 bits per heavy atom. The fraction of sp³-hybridized carbons (Fsp3) is 0.818. The fourth-order valence-electron chi connectivity index (χ4n) is 1.41. The second-order valence-electron chi connectivity index (χ2n) is 4.21. The number of methoxy groups -OCH3 is 2. The Morgan fingerprint density at radius 1 is 1.11 bits per heavy atom. The van der Waals surface area contributed by atoms with Gasteiger partial charge in [0.1, 0.15) is 6.54 Å². The summed E-state index contributed by atoms with van der Waals surface area (Å²) in [4.78, 5) is 22.1. The highest BCUT2D eigenvalue weighted by atomic mass is 32.2. The van der Waals surface area contributed by atoms with Gasteiger partial charge in [-0.15, -0.1) is 0 Å². The number of sulfonamides is 1. The van der Waals surface area contributed by atoms with Gasteiger partial charge >= 0.3 is 11.9 Å². The van der Waals surface area contributed by atoms with Gasteiger partial charge in [0.25, 0.3) is 0 Å². The topological polar surface area (TPSA) is 90.0 Å². The van der Waals surface area contributed by atoms with E-state index in [1.807, 2.05) is 0 Å². The molecule has 0 atom stereocenters. The van der Waals surface area contributed by atoms with E-state index in [0.29, 0.717) is 0 Å². The Morgan fingerprint density at radius 3 is 2.05 bits per heavy atom. The number of nitrogens with zero attached hydrogens (tertiary/aromatic N) is 1. The maximum atomic E-state index is 12.1. The molecule has 8 heteroatoms. The van der Waals surface area contributed by atoms with Crippen LogP contribution in [-0.4, -0.2) is 57.2 Å². The molecule has 0 fully saturated rings. The average molecular weight is 295 g/mol. The molecule has 0 aliphatic rings. The summed E-state index contributed by atoms with van der Waals surface area (Å²) in [6.45, 7) is 3.01. The molecule has 0 amide bonds. The number of hydrogen-bond donors (Lipinski definition) is 0. The van der Waals surface area contributed by atoms with Crippen molar-refractivity contribution in [3.63, 3.8) is 0 Å². The Labute approximate surface area is 113 Å². The van der Waals surface area contributed by atoms with Gasteiger partial charge in [-0.05, 0) is 20.3 Å². The predicted molar refractivity (Wildman–Crippen MR) is 68.9 cm³/mol. The van der Waals surface area contributed by atoms with Crippen molar-refractivity contribution < 1.29 is 27.5 Å². The third kappa shape index (κ3) is 6.53. The number of rotatable bonds is 8. The molecule has 0 aliphatic heterocycles. The minimum Gasteiger partial charge on any atom is -0.469 e. The van der Waals surface area contributed by atoms with Crippen LogP contribution in [0.3, 0.4) is 0 Å². The molecule has 0 unspecified atom stereocenters. The number of carbonyl (C=O) groups excluding carboxylic acids is 2. The molecule has 0 N–H and O–H groups in total. The van der Waals surface area contributed by atoms with Crippen LogP contribution in [0.2, 0.25) is 0 Å². The summed E-state index contributed by atoms with van der Waals surface area (Å²) in [6, 6.07) is -0.359. The molecule has 19 heavy (non-hydrogen) atoms. The first-order valence-electron chi connectivity index (χ1n) is 5.87. The first-order chi connectivity index (χ1) is 8.74. The average Bonchev–Trinajstić information content (AvgIpc) is 2.34. The van der Waals surface area contributed by atoms with Gasteiger partial charge in [0.05, 0.1) is 20.0 Å². The summed E-state index contributed by atoms with van der Waals surface area (Å²) >= 11 is 0. The van der Waals surface area contributed by atoms with Crippen LogP contribution in [-0.2, 0) is 29.1 Å². The lowest BCUT2D eigenvalue weighted by molar-refractivity contribution is -0.141. The first kappa shape index (κ1) is 17.8. The second-order valence-corrected chi connectivity index (χ2v) is 6.25. The highest BCUT2D eigenvalue weighted by molar-refractivity contribution is 7.89. The molecule has 0 aliphatic carbocycles. The van der Waals surface area contributed by atoms with Gasteiger partial charge in [-0.25, -0.2) is 8.42 Å². The Hall–Kier alpha value is -1.15. The first-order valence-corrected chi connectivity index (χ1v) is 7.48. The predicted octanol–water partition coefficient (Wildman–Crippen LogP) is 0.153. The van der Waals surface area contributed by atoms with Crippen molar-refractivity contribution in [3.05, 3.63) is 0 Å². The Bertz CT molecular complexity index is 403. The van der Waals surface area contributed by atoms with Crippen LogP contribution < -0.4 is 0 Å². The molecule has 0 heterocycles. The number of hydrogen-bond acceptors (Lipinski definition) is 6. The van der Waals surface area contributed by atoms with E-state index in [1.165, 1.54) is 14.2 Å². The maximum Gasteiger partial charge on any atom is 0.321 e. The lowest BCUT2D eigenvalue weighted by Crippen LogP contribution is -2.42. The quantitative estimate of drug-likeness (QED) is 0.592. The fourth-order valence-corrected chi connectivity index (χ4v) is 3.10. The number of carbonyl (C=O) groups is 2. The summed E-state index contributed by atoms with van der Waals surface area (Å²) < 4.78 is 34.1. The molecule has 0 spiro atoms. The highest BCUT2D eigenvalue weighted by Gasteiger charge is 2.27. The molecular formula is C11H21NO6S. The van der Waals surface area contributed by atoms with E-state index in [9.17, 15) is 18.0 Å². The van der Waals surface area contributed by atoms with Crippen LogP contribution in [0.1, 0.15) is 26.7 Å². The molecule has 0 saturated heterocycles. The zero-order chi connectivity index (χ0) is 15.1. The maximum absolute atomic E-state index is 12.1. The minimum absolute atomic E-state index is 0.0277. The summed E-state index contributed by atoms with van der Waals surface area (Å²) in [5.41, 5.74) is 0. The van der Waals surface area contributed by atoms with E-state index in [0.717, 1.165) is 4.31 Å². The molecule has 7 nitrogen and oxygen atoms in total. The standard InChI is InChI=1S/C11H21NO6S/c1-9(2)12(8-11(14)18-4)19(15,16)7-5-6-10(13)17-3/h9H,5-8H2,1-4H3. The zero-order valence-corrected chi connectivity index (χ0v) is 12.5. The van der Waals surface area contributed by atoms with Crippen molar-refractivity contribution in [1.82, 2.24) is 4.31 Å². The van der Waals surface area contributed by atoms with Crippen molar-refractivity contribution in [2.45, 2.75) is 32.7 Å². The normalized spacial score (nSPS) is 11.7. The van der Waals surface area contributed by atoms with Crippen molar-refractivity contribution in [1.29, 1.82) is 0 Å². The van der Waals surface area contributed by atoms with E-state index in [1.54, 1.807) is 13.8 Å². The molecule has 0 rings (SSSR count). The summed E-state index contributed by atoms with van der Waals surface area (Å²) in [6.07, 6.45) is 0.180. The van der Waals surface area contributed by atoms with Crippen LogP contribution in [0.5, 0.6) is 0 Å². The van der Waals surface area contributed by atoms with Gasteiger partial charge in [0, 0.05) is 12.5 Å². The van der Waals surface area contributed by atoms with Gasteiger partial charge in [0.2, 0.25) is 10.0 Å². The number of esters is 2. The summed E-state index contributed by atoms with van der Waals surface area (Å²) in [5, 5.41) is 0. The second kappa shape index (κ2) is 8.11. The molecule has 112 valence electrons. The van der Waals surface area contributed by atoms with Crippen LogP contribution in [0.4, 0.5) is 0 Å². The summed E-state index contributed by atoms with van der Waals surface area (Å²) in [5.74, 6) is -1.29. The molecular weight excluding hydrogens is 274 g/mol. The SMILES string of the molecule is COC(=O)CCCS(=O)(=O)N(CC(=O)OC)C(C)C. The third-order valence-electron chi connectivity index (χ3n) is 2.46.